The fourth-order valence-corrected chi connectivity index (χ4v) is 8.01. The van der Waals surface area contributed by atoms with Gasteiger partial charge in [-0.1, -0.05) is 205 Å². The molecule has 0 spiro atoms. The molecular weight excluding hydrogens is 1260 g/mol. The van der Waals surface area contributed by atoms with Gasteiger partial charge in [-0.3, -0.25) is 0 Å². The normalized spacial score (nSPS) is 9.52. The van der Waals surface area contributed by atoms with E-state index in [1.54, 1.807) is 72.8 Å². The number of aromatic nitrogens is 16. The van der Waals surface area contributed by atoms with Crippen molar-refractivity contribution in [1.82, 2.24) is 39.9 Å². The summed E-state index contributed by atoms with van der Waals surface area (Å²) in [6.07, 6.45) is 24.2. The summed E-state index contributed by atoms with van der Waals surface area (Å²) < 4.78 is 0. The van der Waals surface area contributed by atoms with Gasteiger partial charge in [0.05, 0.1) is 0 Å². The zero-order chi connectivity index (χ0) is 74.6. The maximum atomic E-state index is 10.2. The molecule has 16 N–H and O–H groups in total. The number of benzene rings is 4. The quantitative estimate of drug-likeness (QED) is 0.0632. The number of H-pyrrole nitrogens is 16. The van der Waals surface area contributed by atoms with Gasteiger partial charge in [0.2, 0.25) is 0 Å². The molecule has 4 aromatic carbocycles. The molecule has 0 aliphatic heterocycles. The predicted molar refractivity (Wildman–Crippen MR) is 379 cm³/mol. The molecule has 0 aliphatic carbocycles. The van der Waals surface area contributed by atoms with Crippen molar-refractivity contribution in [3.8, 4) is 0 Å². The Bertz CT molecular complexity index is 3180. The second-order valence-electron chi connectivity index (χ2n) is 22.4. The van der Waals surface area contributed by atoms with Crippen LogP contribution in [0.2, 0.25) is 0 Å². The first-order valence-corrected chi connectivity index (χ1v) is 33.8. The van der Waals surface area contributed by atoms with Crippen molar-refractivity contribution in [2.75, 3.05) is 0 Å². The largest absolute Gasteiger partial charge is 0.889 e. The summed E-state index contributed by atoms with van der Waals surface area (Å²) in [6, 6.07) is 32.8. The zero-order valence-electron chi connectivity index (χ0n) is 61.4. The molecule has 0 aliphatic rings. The minimum atomic E-state index is -1.84. The van der Waals surface area contributed by atoms with E-state index in [2.05, 4.69) is 135 Å². The highest BCUT2D eigenvalue weighted by molar-refractivity contribution is 6.56. The molecule has 0 radical (unpaired) electrons. The van der Waals surface area contributed by atoms with E-state index in [0.29, 0.717) is 21.9 Å². The standard InChI is InChI=1S/4C6H5BO2.8C6H10N2/c4*8-7(9)6-4-2-1-3-5-6;8*1-3-6-7-4-5(2)8-6/h4*1-5H;8*4H,3H2,1-2H3,(H,7,8)/q4*-2;;;;;;;;/p+8. The Labute approximate surface area is 592 Å². The van der Waals surface area contributed by atoms with Gasteiger partial charge in [0.1, 0.15) is 95.1 Å². The lowest BCUT2D eigenvalue weighted by molar-refractivity contribution is -0.388. The van der Waals surface area contributed by atoms with Crippen LogP contribution in [0.4, 0.5) is 0 Å². The molecule has 100 heavy (non-hydrogen) atoms. The Kier molecular flexibility index (Phi) is 47.3. The Morgan fingerprint density at radius 3 is 0.370 bits per heavy atom. The van der Waals surface area contributed by atoms with Gasteiger partial charge in [-0.15, -0.1) is 21.9 Å². The van der Waals surface area contributed by atoms with E-state index in [1.807, 2.05) is 105 Å². The summed E-state index contributed by atoms with van der Waals surface area (Å²) in [5.41, 5.74) is 10.8. The van der Waals surface area contributed by atoms with Crippen LogP contribution in [0.1, 0.15) is 148 Å². The molecule has 0 saturated carbocycles. The van der Waals surface area contributed by atoms with Crippen molar-refractivity contribution in [2.45, 2.75) is 162 Å². The summed E-state index contributed by atoms with van der Waals surface area (Å²) in [5.74, 6) is 9.57. The average Bonchev–Trinajstić information content (AvgIpc) is 2.00. The lowest BCUT2D eigenvalue weighted by atomic mass is 9.81. The Balaban J connectivity index is 0.000000546. The van der Waals surface area contributed by atoms with Gasteiger partial charge in [-0.05, 0) is 0 Å². The number of hydrogen-bond donors (Lipinski definition) is 8. The number of hydrogen-bond acceptors (Lipinski definition) is 8. The van der Waals surface area contributed by atoms with Gasteiger partial charge in [0, 0.05) is 107 Å². The highest BCUT2D eigenvalue weighted by Gasteiger charge is 2.03. The SMILES string of the molecule is CCc1[nH]c(C)c[nH+]1.CCc1[nH]c(C)c[nH+]1.CCc1[nH]c(C)c[nH+]1.CCc1[nH]c(C)c[nH+]1.CCc1[nH]c(C)c[nH+]1.CCc1[nH]c(C)c[nH+]1.CCc1[nH]c(C)c[nH+]1.CCc1[nH]c(C)c[nH+]1.[O-]B([O-])c1ccccc1.[O-]B([O-])c1ccccc1.[O-]B([O-])c1ccccc1.[O-]B([O-])c1ccccc1. The molecule has 0 bridgehead atoms. The number of aromatic amines is 16. The lowest BCUT2D eigenvalue weighted by Crippen LogP contribution is -2.55. The van der Waals surface area contributed by atoms with E-state index >= 15 is 0 Å². The van der Waals surface area contributed by atoms with E-state index < -0.39 is 28.5 Å². The van der Waals surface area contributed by atoms with E-state index in [-0.39, 0.29) is 0 Å². The van der Waals surface area contributed by atoms with E-state index in [1.165, 1.54) is 141 Å². The van der Waals surface area contributed by atoms with E-state index in [9.17, 15) is 40.2 Å². The van der Waals surface area contributed by atoms with Crippen LogP contribution >= 0.6 is 0 Å². The topological polar surface area (TPSA) is 424 Å². The molecule has 0 amide bonds. The lowest BCUT2D eigenvalue weighted by Gasteiger charge is -2.26. The first-order valence-electron chi connectivity index (χ1n) is 33.8. The van der Waals surface area contributed by atoms with Gasteiger partial charge < -0.3 is 40.2 Å². The van der Waals surface area contributed by atoms with Crippen molar-refractivity contribution in [1.29, 1.82) is 0 Å². The monoisotopic (exact) mass is 1370 g/mol. The zero-order valence-corrected chi connectivity index (χ0v) is 61.4. The van der Waals surface area contributed by atoms with Gasteiger partial charge in [0.25, 0.3) is 46.6 Å². The number of imidazole rings is 8. The van der Waals surface area contributed by atoms with E-state index in [4.69, 9.17) is 0 Å². The highest BCUT2D eigenvalue weighted by atomic mass is 16.4. The Hall–Kier alpha value is -9.50. The molecule has 28 heteroatoms. The minimum absolute atomic E-state index is 0.303. The van der Waals surface area contributed by atoms with Crippen molar-refractivity contribution in [2.24, 2.45) is 0 Å². The molecule has 8 heterocycles. The van der Waals surface area contributed by atoms with Crippen molar-refractivity contribution >= 4 is 50.3 Å². The third kappa shape index (κ3) is 42.3. The van der Waals surface area contributed by atoms with Gasteiger partial charge in [-0.25, -0.2) is 79.7 Å². The van der Waals surface area contributed by atoms with Crippen LogP contribution in [0, 0.1) is 55.4 Å². The van der Waals surface area contributed by atoms with Crippen molar-refractivity contribution < 1.29 is 80.1 Å². The van der Waals surface area contributed by atoms with Crippen LogP contribution < -0.4 is 102 Å². The minimum Gasteiger partial charge on any atom is -0.889 e. The summed E-state index contributed by atoms with van der Waals surface area (Å²) in [6.45, 7) is 33.2. The maximum absolute atomic E-state index is 10.2. The Morgan fingerprint density at radius 2 is 0.320 bits per heavy atom. The number of nitrogens with one attached hydrogen (secondary N) is 16. The van der Waals surface area contributed by atoms with Crippen LogP contribution in [0.3, 0.4) is 0 Å². The smallest absolute Gasteiger partial charge is 0.251 e. The summed E-state index contributed by atoms with van der Waals surface area (Å²) in [4.78, 5) is 50.2. The Morgan fingerprint density at radius 1 is 0.210 bits per heavy atom. The number of rotatable bonds is 12. The fourth-order valence-electron chi connectivity index (χ4n) is 8.01. The third-order valence-electron chi connectivity index (χ3n) is 13.6. The van der Waals surface area contributed by atoms with Gasteiger partial charge in [-0.2, -0.15) is 0 Å². The second kappa shape index (κ2) is 53.5. The molecule has 8 aromatic heterocycles. The van der Waals surface area contributed by atoms with Crippen LogP contribution in [0.5, 0.6) is 0 Å². The first-order chi connectivity index (χ1) is 47.8. The van der Waals surface area contributed by atoms with Crippen LogP contribution in [0.25, 0.3) is 0 Å². The highest BCUT2D eigenvalue weighted by Crippen LogP contribution is 1.94. The predicted octanol–water partition coefficient (Wildman–Crippen LogP) is -1.99. The molecule has 536 valence electrons. The molecule has 0 saturated heterocycles. The molecule has 0 fully saturated rings. The molecule has 12 aromatic rings. The van der Waals surface area contributed by atoms with Crippen LogP contribution in [-0.2, 0) is 51.4 Å². The maximum Gasteiger partial charge on any atom is 0.251 e. The fraction of sp³-hybridized carbons (Fsp3) is 0.333. The summed E-state index contributed by atoms with van der Waals surface area (Å²) in [5, 5.41) is 81.4. The van der Waals surface area contributed by atoms with Crippen molar-refractivity contribution in [3.63, 3.8) is 0 Å². The average molecular weight is 1370 g/mol. The van der Waals surface area contributed by atoms with Gasteiger partial charge in [0.15, 0.2) is 0 Å². The summed E-state index contributed by atoms with van der Waals surface area (Å²) >= 11 is 0. The molecule has 24 nitrogen and oxygen atoms in total. The molecule has 0 atom stereocenters. The van der Waals surface area contributed by atoms with Crippen LogP contribution in [-0.4, -0.2) is 68.3 Å². The van der Waals surface area contributed by atoms with Gasteiger partial charge >= 0.3 is 0 Å². The molecule has 0 unspecified atom stereocenters. The number of aryl methyl sites for hydroxylation is 16. The first kappa shape index (κ1) is 88.5. The third-order valence-corrected chi connectivity index (χ3v) is 13.6. The van der Waals surface area contributed by atoms with Crippen LogP contribution in [0.15, 0.2) is 171 Å². The van der Waals surface area contributed by atoms with E-state index in [0.717, 1.165) is 51.4 Å². The molecule has 12 rings (SSSR count). The molecular formula is C72H108B4N16O8. The second-order valence-corrected chi connectivity index (χ2v) is 22.4. The van der Waals surface area contributed by atoms with Crippen molar-refractivity contribution in [3.05, 3.63) is 263 Å². The summed E-state index contributed by atoms with van der Waals surface area (Å²) in [7, 11) is -7.37.